The van der Waals surface area contributed by atoms with Gasteiger partial charge in [0, 0.05) is 29.0 Å². The number of benzene rings is 3. The Labute approximate surface area is 250 Å². The second-order valence-corrected chi connectivity index (χ2v) is 13.1. The minimum Gasteiger partial charge on any atom is -0.508 e. The van der Waals surface area contributed by atoms with Gasteiger partial charge in [0.2, 0.25) is 5.91 Å². The van der Waals surface area contributed by atoms with Crippen LogP contribution in [0, 0.1) is 6.92 Å². The fraction of sp³-hybridized carbons (Fsp3) is 0.364. The Kier molecular flexibility index (Phi) is 8.61. The first-order chi connectivity index (χ1) is 20.1. The average molecular weight is 588 g/mol. The molecular weight excluding hydrogens is 550 g/mol. The summed E-state index contributed by atoms with van der Waals surface area (Å²) in [7, 11) is 0. The summed E-state index contributed by atoms with van der Waals surface area (Å²) < 4.78 is -0.569. The Hall–Kier alpha value is -3.82. The number of amides is 3. The number of phenolic OH excluding ortho intramolecular Hbond substituents is 1. The summed E-state index contributed by atoms with van der Waals surface area (Å²) in [6.07, 6.45) is -0.652. The van der Waals surface area contributed by atoms with Gasteiger partial charge in [0.1, 0.15) is 11.8 Å². The molecule has 0 saturated carbocycles. The number of aliphatic hydroxyl groups is 1. The van der Waals surface area contributed by atoms with E-state index in [1.165, 1.54) is 28.3 Å². The maximum absolute atomic E-state index is 14.0. The summed E-state index contributed by atoms with van der Waals surface area (Å²) in [5.74, 6) is -1.01. The Morgan fingerprint density at radius 3 is 2.43 bits per heavy atom. The number of thioether (sulfide) groups is 1. The zero-order valence-corrected chi connectivity index (χ0v) is 24.9. The fourth-order valence-corrected chi connectivity index (χ4v) is 6.94. The lowest BCUT2D eigenvalue weighted by molar-refractivity contribution is -0.151. The van der Waals surface area contributed by atoms with Crippen molar-refractivity contribution in [3.8, 4) is 5.75 Å². The SMILES string of the molecule is Cc1c(O)cccc1C(=O)NC(Cc1ccccc1)C(O)C(=O)N1CSC(C)(C)C1C(=O)N1CCc2ccccc2C1. The second kappa shape index (κ2) is 12.2. The quantitative estimate of drug-likeness (QED) is 0.389. The van der Waals surface area contributed by atoms with E-state index in [0.717, 1.165) is 17.5 Å². The smallest absolute Gasteiger partial charge is 0.254 e. The van der Waals surface area contributed by atoms with Gasteiger partial charge in [0.15, 0.2) is 6.10 Å². The third-order valence-corrected chi connectivity index (χ3v) is 9.68. The van der Waals surface area contributed by atoms with Crippen molar-refractivity contribution in [1.29, 1.82) is 0 Å². The van der Waals surface area contributed by atoms with Crippen molar-refractivity contribution >= 4 is 29.5 Å². The van der Waals surface area contributed by atoms with Crippen molar-refractivity contribution in [2.24, 2.45) is 0 Å². The van der Waals surface area contributed by atoms with Crippen molar-refractivity contribution in [3.05, 3.63) is 101 Å². The summed E-state index contributed by atoms with van der Waals surface area (Å²) in [4.78, 5) is 44.6. The standard InChI is InChI=1S/C33H37N3O5S/c1-21-25(14-9-15-27(21)37)30(39)34-26(18-22-10-5-4-6-11-22)28(38)31(40)36-20-42-33(2,3)29(36)32(41)35-17-16-23-12-7-8-13-24(23)19-35/h4-15,26,28-29,37-38H,16-20H2,1-3H3,(H,34,39). The highest BCUT2D eigenvalue weighted by Gasteiger charge is 2.51. The molecule has 3 amide bonds. The molecule has 0 spiro atoms. The predicted octanol–water partition coefficient (Wildman–Crippen LogP) is 3.67. The number of nitrogens with one attached hydrogen (secondary N) is 1. The summed E-state index contributed by atoms with van der Waals surface area (Å²) in [6, 6.07) is 20.3. The second-order valence-electron chi connectivity index (χ2n) is 11.5. The number of hydrogen-bond donors (Lipinski definition) is 3. The molecule has 5 rings (SSSR count). The predicted molar refractivity (Wildman–Crippen MR) is 163 cm³/mol. The molecule has 2 aliphatic heterocycles. The van der Waals surface area contributed by atoms with Gasteiger partial charge in [-0.2, -0.15) is 0 Å². The number of aliphatic hydroxyl groups excluding tert-OH is 1. The monoisotopic (exact) mass is 587 g/mol. The maximum Gasteiger partial charge on any atom is 0.254 e. The number of nitrogens with zero attached hydrogens (tertiary/aromatic N) is 2. The van der Waals surface area contributed by atoms with Crippen LogP contribution in [0.3, 0.4) is 0 Å². The molecule has 220 valence electrons. The van der Waals surface area contributed by atoms with Gasteiger partial charge in [0.25, 0.3) is 11.8 Å². The Bertz CT molecular complexity index is 1480. The van der Waals surface area contributed by atoms with Crippen LogP contribution in [0.2, 0.25) is 0 Å². The molecule has 3 N–H and O–H groups in total. The largest absolute Gasteiger partial charge is 0.508 e. The molecule has 0 radical (unpaired) electrons. The third-order valence-electron chi connectivity index (χ3n) is 8.30. The molecule has 1 fully saturated rings. The molecule has 3 unspecified atom stereocenters. The van der Waals surface area contributed by atoms with E-state index in [9.17, 15) is 24.6 Å². The van der Waals surface area contributed by atoms with Gasteiger partial charge in [-0.15, -0.1) is 11.8 Å². The first-order valence-electron chi connectivity index (χ1n) is 14.2. The van der Waals surface area contributed by atoms with Crippen molar-refractivity contribution in [1.82, 2.24) is 15.1 Å². The zero-order valence-electron chi connectivity index (χ0n) is 24.1. The zero-order chi connectivity index (χ0) is 30.0. The molecule has 2 aliphatic rings. The molecule has 0 aromatic heterocycles. The fourth-order valence-electron chi connectivity index (χ4n) is 5.81. The third kappa shape index (κ3) is 6.03. The number of fused-ring (bicyclic) bond motifs is 1. The van der Waals surface area contributed by atoms with Gasteiger partial charge in [-0.1, -0.05) is 60.7 Å². The van der Waals surface area contributed by atoms with Gasteiger partial charge in [-0.25, -0.2) is 0 Å². The van der Waals surface area contributed by atoms with Crippen molar-refractivity contribution in [2.75, 3.05) is 12.4 Å². The lowest BCUT2D eigenvalue weighted by atomic mass is 9.94. The van der Waals surface area contributed by atoms with E-state index >= 15 is 0 Å². The average Bonchev–Trinajstić information content (AvgIpc) is 3.31. The van der Waals surface area contributed by atoms with Crippen molar-refractivity contribution in [2.45, 2.75) is 63.1 Å². The van der Waals surface area contributed by atoms with E-state index in [4.69, 9.17) is 0 Å². The number of carbonyl (C=O) groups is 3. The lowest BCUT2D eigenvalue weighted by Crippen LogP contribution is -2.59. The van der Waals surface area contributed by atoms with Gasteiger partial charge < -0.3 is 25.3 Å². The highest BCUT2D eigenvalue weighted by atomic mass is 32.2. The summed E-state index contributed by atoms with van der Waals surface area (Å²) in [6.45, 7) is 6.58. The minimum absolute atomic E-state index is 0.0168. The molecule has 3 aromatic carbocycles. The normalized spacial score (nSPS) is 19.1. The molecular formula is C33H37N3O5S. The van der Waals surface area contributed by atoms with E-state index < -0.39 is 34.7 Å². The maximum atomic E-state index is 14.0. The molecule has 9 heteroatoms. The van der Waals surface area contributed by atoms with Crippen LogP contribution in [0.25, 0.3) is 0 Å². The van der Waals surface area contributed by atoms with Gasteiger partial charge in [-0.05, 0) is 62.4 Å². The first kappa shape index (κ1) is 29.7. The van der Waals surface area contributed by atoms with E-state index in [1.807, 2.05) is 62.4 Å². The van der Waals surface area contributed by atoms with Crippen LogP contribution >= 0.6 is 11.8 Å². The highest BCUT2D eigenvalue weighted by molar-refractivity contribution is 8.00. The summed E-state index contributed by atoms with van der Waals surface area (Å²) in [5.41, 5.74) is 3.82. The van der Waals surface area contributed by atoms with Crippen LogP contribution in [0.15, 0.2) is 72.8 Å². The molecule has 0 aliphatic carbocycles. The van der Waals surface area contributed by atoms with Crippen LogP contribution in [-0.2, 0) is 29.0 Å². The van der Waals surface area contributed by atoms with E-state index in [1.54, 1.807) is 24.0 Å². The van der Waals surface area contributed by atoms with E-state index in [2.05, 4.69) is 11.4 Å². The molecule has 42 heavy (non-hydrogen) atoms. The van der Waals surface area contributed by atoms with Crippen LogP contribution < -0.4 is 5.32 Å². The lowest BCUT2D eigenvalue weighted by Gasteiger charge is -2.38. The Balaban J connectivity index is 1.39. The number of rotatable bonds is 7. The molecule has 0 bridgehead atoms. The summed E-state index contributed by atoms with van der Waals surface area (Å²) >= 11 is 1.50. The Morgan fingerprint density at radius 2 is 1.69 bits per heavy atom. The van der Waals surface area contributed by atoms with Gasteiger partial charge >= 0.3 is 0 Å². The number of hydrogen-bond acceptors (Lipinski definition) is 6. The van der Waals surface area contributed by atoms with Crippen molar-refractivity contribution in [3.63, 3.8) is 0 Å². The minimum atomic E-state index is -1.60. The van der Waals surface area contributed by atoms with E-state index in [-0.39, 0.29) is 29.5 Å². The first-order valence-corrected chi connectivity index (χ1v) is 15.2. The number of phenols is 1. The van der Waals surface area contributed by atoms with Gasteiger partial charge in [0.05, 0.1) is 11.9 Å². The van der Waals surface area contributed by atoms with Gasteiger partial charge in [-0.3, -0.25) is 14.4 Å². The number of aromatic hydroxyl groups is 1. The molecule has 1 saturated heterocycles. The molecule has 2 heterocycles. The summed E-state index contributed by atoms with van der Waals surface area (Å²) in [5, 5.41) is 24.5. The van der Waals surface area contributed by atoms with Crippen LogP contribution in [0.4, 0.5) is 0 Å². The van der Waals surface area contributed by atoms with Crippen LogP contribution in [0.5, 0.6) is 5.75 Å². The van der Waals surface area contributed by atoms with Crippen molar-refractivity contribution < 1.29 is 24.6 Å². The highest BCUT2D eigenvalue weighted by Crippen LogP contribution is 2.41. The molecule has 3 aromatic rings. The Morgan fingerprint density at radius 1 is 1.00 bits per heavy atom. The van der Waals surface area contributed by atoms with Crippen LogP contribution in [0.1, 0.15) is 46.5 Å². The van der Waals surface area contributed by atoms with E-state index in [0.29, 0.717) is 18.7 Å². The van der Waals surface area contributed by atoms with Crippen LogP contribution in [-0.4, -0.2) is 73.1 Å². The topological polar surface area (TPSA) is 110 Å². The molecule has 8 nitrogen and oxygen atoms in total. The molecule has 3 atom stereocenters. The number of carbonyl (C=O) groups excluding carboxylic acids is 3.